The molecule has 2 aliphatic carbocycles. The smallest absolute Gasteiger partial charge is 0.305 e. The Morgan fingerprint density at radius 2 is 1.59 bits per heavy atom. The van der Waals surface area contributed by atoms with E-state index in [0.29, 0.717) is 55.4 Å². The van der Waals surface area contributed by atoms with Crippen LogP contribution in [0.3, 0.4) is 0 Å². The zero-order chi connectivity index (χ0) is 26.1. The molecule has 0 unspecified atom stereocenters. The lowest BCUT2D eigenvalue weighted by Crippen LogP contribution is -2.40. The maximum absolute atomic E-state index is 13.5. The number of Topliss-reactive ketones (excluding diaryl/α,β-unsaturated/α-hetero) is 2. The molecule has 2 aromatic rings. The van der Waals surface area contributed by atoms with Gasteiger partial charge in [0.25, 0.3) is 0 Å². The Hall–Kier alpha value is -3.26. The van der Waals surface area contributed by atoms with Crippen molar-refractivity contribution in [3.05, 3.63) is 86.4 Å². The van der Waals surface area contributed by atoms with Crippen molar-refractivity contribution in [2.45, 2.75) is 57.5 Å². The predicted octanol–water partition coefficient (Wildman–Crippen LogP) is 6.06. The van der Waals surface area contributed by atoms with Crippen molar-refractivity contribution in [3.63, 3.8) is 0 Å². The van der Waals surface area contributed by atoms with Gasteiger partial charge in [-0.1, -0.05) is 28.1 Å². The van der Waals surface area contributed by atoms with Gasteiger partial charge in [0.15, 0.2) is 11.6 Å². The van der Waals surface area contributed by atoms with E-state index in [4.69, 9.17) is 4.74 Å². The molecule has 8 heteroatoms. The molecule has 1 heterocycles. The number of halogens is 2. The second-order valence-corrected chi connectivity index (χ2v) is 10.5. The number of ether oxygens (including phenoxy) is 1. The summed E-state index contributed by atoms with van der Waals surface area (Å²) in [5.41, 5.74) is 4.34. The van der Waals surface area contributed by atoms with Crippen LogP contribution in [0.5, 0.6) is 5.75 Å². The quantitative estimate of drug-likeness (QED) is 0.438. The van der Waals surface area contributed by atoms with Gasteiger partial charge in [0.1, 0.15) is 18.2 Å². The first-order valence-corrected chi connectivity index (χ1v) is 13.3. The monoisotopic (exact) mass is 567 g/mol. The number of carboxylic acid groups (broad SMARTS) is 1. The van der Waals surface area contributed by atoms with Crippen LogP contribution in [0.25, 0.3) is 0 Å². The first-order valence-electron chi connectivity index (χ1n) is 12.5. The third-order valence-corrected chi connectivity index (χ3v) is 7.72. The first-order chi connectivity index (χ1) is 17.8. The van der Waals surface area contributed by atoms with Gasteiger partial charge in [-0.2, -0.15) is 0 Å². The zero-order valence-corrected chi connectivity index (χ0v) is 21.9. The molecule has 0 radical (unpaired) electrons. The van der Waals surface area contributed by atoms with E-state index in [1.54, 1.807) is 12.1 Å². The van der Waals surface area contributed by atoms with Crippen LogP contribution in [0.2, 0.25) is 0 Å². The number of benzene rings is 2. The molecule has 2 aromatic carbocycles. The number of hydrogen-bond donors (Lipinski definition) is 1. The summed E-state index contributed by atoms with van der Waals surface area (Å²) in [4.78, 5) is 40.3. The molecule has 1 aliphatic heterocycles. The lowest BCUT2D eigenvalue weighted by Gasteiger charge is -2.44. The van der Waals surface area contributed by atoms with Gasteiger partial charge in [-0.15, -0.1) is 0 Å². The number of rotatable bonds is 7. The van der Waals surface area contributed by atoms with Gasteiger partial charge in [0.2, 0.25) is 0 Å². The van der Waals surface area contributed by atoms with Crippen LogP contribution in [-0.2, 0) is 21.0 Å². The fourth-order valence-electron chi connectivity index (χ4n) is 5.62. The number of ketones is 2. The highest BCUT2D eigenvalue weighted by Gasteiger charge is 2.44. The Balaban J connectivity index is 1.63. The van der Waals surface area contributed by atoms with Crippen molar-refractivity contribution in [1.82, 2.24) is 4.90 Å². The Bertz CT molecular complexity index is 1290. The van der Waals surface area contributed by atoms with Gasteiger partial charge in [-0.05, 0) is 61.6 Å². The second kappa shape index (κ2) is 10.6. The van der Waals surface area contributed by atoms with Crippen molar-refractivity contribution in [3.8, 4) is 5.75 Å². The summed E-state index contributed by atoms with van der Waals surface area (Å²) in [5, 5.41) is 9.37. The highest BCUT2D eigenvalue weighted by atomic mass is 79.9. The van der Waals surface area contributed by atoms with Gasteiger partial charge < -0.3 is 14.7 Å². The van der Waals surface area contributed by atoms with Crippen molar-refractivity contribution < 1.29 is 28.6 Å². The van der Waals surface area contributed by atoms with E-state index in [-0.39, 0.29) is 37.0 Å². The zero-order valence-electron chi connectivity index (χ0n) is 20.3. The van der Waals surface area contributed by atoms with E-state index >= 15 is 0 Å². The minimum absolute atomic E-state index is 0.0130. The van der Waals surface area contributed by atoms with Crippen molar-refractivity contribution in [2.75, 3.05) is 6.54 Å². The Morgan fingerprint density at radius 1 is 0.973 bits per heavy atom. The van der Waals surface area contributed by atoms with Crippen LogP contribution in [0, 0.1) is 5.82 Å². The van der Waals surface area contributed by atoms with E-state index < -0.39 is 11.9 Å². The number of carboxylic acids is 1. The highest BCUT2D eigenvalue weighted by Crippen LogP contribution is 2.51. The lowest BCUT2D eigenvalue weighted by molar-refractivity contribution is -0.137. The van der Waals surface area contributed by atoms with Crippen LogP contribution in [0.15, 0.2) is 69.5 Å². The van der Waals surface area contributed by atoms with Crippen LogP contribution < -0.4 is 4.74 Å². The number of carbonyl (C=O) groups excluding carboxylic acids is 2. The minimum Gasteiger partial charge on any atom is -0.489 e. The average Bonchev–Trinajstić information content (AvgIpc) is 2.87. The van der Waals surface area contributed by atoms with Crippen molar-refractivity contribution >= 4 is 33.5 Å². The molecular formula is C29H27BrFNO5. The second-order valence-electron chi connectivity index (χ2n) is 9.60. The molecule has 0 spiro atoms. The number of aliphatic carboxylic acids is 1. The third kappa shape index (κ3) is 5.12. The topological polar surface area (TPSA) is 83.9 Å². The largest absolute Gasteiger partial charge is 0.489 e. The summed E-state index contributed by atoms with van der Waals surface area (Å²) in [6, 6.07) is 11.6. The van der Waals surface area contributed by atoms with Gasteiger partial charge in [-0.3, -0.25) is 14.4 Å². The summed E-state index contributed by atoms with van der Waals surface area (Å²) < 4.78 is 20.4. The third-order valence-electron chi connectivity index (χ3n) is 7.23. The Labute approximate surface area is 222 Å². The molecule has 3 aliphatic rings. The van der Waals surface area contributed by atoms with Crippen LogP contribution in [-0.4, -0.2) is 34.1 Å². The molecule has 1 N–H and O–H groups in total. The Kier molecular flexibility index (Phi) is 7.29. The molecule has 37 heavy (non-hydrogen) atoms. The van der Waals surface area contributed by atoms with Gasteiger partial charge in [0.05, 0.1) is 6.42 Å². The van der Waals surface area contributed by atoms with Crippen molar-refractivity contribution in [1.29, 1.82) is 0 Å². The van der Waals surface area contributed by atoms with Crippen LogP contribution in [0.4, 0.5) is 4.39 Å². The van der Waals surface area contributed by atoms with Crippen molar-refractivity contribution in [2.24, 2.45) is 0 Å². The number of nitrogens with zero attached hydrogens (tertiary/aromatic N) is 1. The maximum Gasteiger partial charge on any atom is 0.305 e. The molecule has 0 aromatic heterocycles. The normalized spacial score (nSPS) is 18.2. The fraction of sp³-hybridized carbons (Fsp3) is 0.345. The van der Waals surface area contributed by atoms with E-state index in [1.807, 2.05) is 23.1 Å². The van der Waals surface area contributed by atoms with Crippen LogP contribution in [0.1, 0.15) is 62.0 Å². The Morgan fingerprint density at radius 3 is 2.19 bits per heavy atom. The SMILES string of the molecule is O=C(O)CCN1C2=C(C(=O)CCC2)C(c2cc(Br)ccc2OCc2ccc(F)cc2)C2=C1CCCC2=O. The summed E-state index contributed by atoms with van der Waals surface area (Å²) in [6.07, 6.45) is 3.39. The molecule has 0 bridgehead atoms. The predicted molar refractivity (Wildman–Crippen MR) is 138 cm³/mol. The summed E-state index contributed by atoms with van der Waals surface area (Å²) in [6.45, 7) is 0.429. The number of hydrogen-bond acceptors (Lipinski definition) is 5. The molecule has 0 amide bonds. The van der Waals surface area contributed by atoms with Gasteiger partial charge >= 0.3 is 5.97 Å². The molecular weight excluding hydrogens is 541 g/mol. The molecule has 0 saturated heterocycles. The van der Waals surface area contributed by atoms with Gasteiger partial charge in [0, 0.05) is 57.9 Å². The molecule has 0 saturated carbocycles. The highest BCUT2D eigenvalue weighted by molar-refractivity contribution is 9.10. The molecule has 192 valence electrons. The maximum atomic E-state index is 13.5. The number of allylic oxidation sites excluding steroid dienone is 4. The summed E-state index contributed by atoms with van der Waals surface area (Å²) >= 11 is 3.55. The average molecular weight is 568 g/mol. The molecule has 6 nitrogen and oxygen atoms in total. The van der Waals surface area contributed by atoms with E-state index in [2.05, 4.69) is 15.9 Å². The summed E-state index contributed by atoms with van der Waals surface area (Å²) in [7, 11) is 0. The van der Waals surface area contributed by atoms with E-state index in [9.17, 15) is 23.9 Å². The molecule has 0 fully saturated rings. The van der Waals surface area contributed by atoms with E-state index in [1.165, 1.54) is 12.1 Å². The first kappa shape index (κ1) is 25.4. The fourth-order valence-corrected chi connectivity index (χ4v) is 6.00. The molecule has 5 rings (SSSR count). The standard InChI is InChI=1S/C29H27BrFNO5/c30-18-9-12-25(37-16-17-7-10-19(31)11-8-17)20(15-18)27-28-21(3-1-5-23(28)33)32(14-13-26(35)36)22-4-2-6-24(34)29(22)27/h7-12,15,27H,1-6,13-14,16H2,(H,35,36). The molecule has 0 atom stereocenters. The van der Waals surface area contributed by atoms with E-state index in [0.717, 1.165) is 27.0 Å². The minimum atomic E-state index is -0.917. The lowest BCUT2D eigenvalue weighted by atomic mass is 9.70. The van der Waals surface area contributed by atoms with Crippen LogP contribution >= 0.6 is 15.9 Å². The van der Waals surface area contributed by atoms with Gasteiger partial charge in [-0.25, -0.2) is 4.39 Å². The number of carbonyl (C=O) groups is 3. The summed E-state index contributed by atoms with van der Waals surface area (Å²) in [5.74, 6) is -1.30.